The molecule has 0 aliphatic carbocycles. The molecule has 1 aromatic rings. The minimum absolute atomic E-state index is 0.232. The fraction of sp³-hybridized carbons (Fsp3) is 0.538. The number of rotatable bonds is 6. The van der Waals surface area contributed by atoms with Gasteiger partial charge in [0.25, 0.3) is 0 Å². The maximum atomic E-state index is 12.6. The van der Waals surface area contributed by atoms with Crippen molar-refractivity contribution in [3.63, 3.8) is 0 Å². The fourth-order valence-electron chi connectivity index (χ4n) is 1.56. The van der Waals surface area contributed by atoms with Gasteiger partial charge < -0.3 is 9.64 Å². The molecule has 1 rings (SSSR count). The molecule has 0 unspecified atom stereocenters. The molecule has 0 aliphatic rings. The third-order valence-electron chi connectivity index (χ3n) is 2.23. The topological polar surface area (TPSA) is 12.5 Å². The highest BCUT2D eigenvalue weighted by molar-refractivity contribution is 5.21. The Morgan fingerprint density at radius 1 is 1.25 bits per heavy atom. The summed E-state index contributed by atoms with van der Waals surface area (Å²) in [5.41, 5.74) is 0. The van der Waals surface area contributed by atoms with Crippen LogP contribution in [0.1, 0.15) is 13.8 Å². The monoisotopic (exact) mass is 225 g/mol. The first kappa shape index (κ1) is 13.0. The molecule has 0 heterocycles. The second-order valence-corrected chi connectivity index (χ2v) is 4.46. The smallest absolute Gasteiger partial charge is 0.123 e. The highest BCUT2D eigenvalue weighted by Crippen LogP contribution is 2.10. The summed E-state index contributed by atoms with van der Waals surface area (Å²) in [6.07, 6.45) is 0. The maximum Gasteiger partial charge on any atom is 0.123 e. The summed E-state index contributed by atoms with van der Waals surface area (Å²) >= 11 is 0. The van der Waals surface area contributed by atoms with E-state index in [1.165, 1.54) is 12.1 Å². The molecule has 90 valence electrons. The zero-order valence-electron chi connectivity index (χ0n) is 10.2. The molecule has 0 bridgehead atoms. The molecule has 0 N–H and O–H groups in total. The second-order valence-electron chi connectivity index (χ2n) is 4.46. The Morgan fingerprint density at radius 2 is 1.88 bits per heavy atom. The molecule has 2 nitrogen and oxygen atoms in total. The van der Waals surface area contributed by atoms with Crippen molar-refractivity contribution in [3.8, 4) is 5.75 Å². The minimum atomic E-state index is -0.232. The van der Waals surface area contributed by atoms with Gasteiger partial charge in [0.15, 0.2) is 0 Å². The van der Waals surface area contributed by atoms with Gasteiger partial charge in [0.05, 0.1) is 0 Å². The van der Waals surface area contributed by atoms with Gasteiger partial charge in [0, 0.05) is 13.1 Å². The molecule has 0 saturated carbocycles. The maximum absolute atomic E-state index is 12.6. The Hall–Kier alpha value is -1.09. The Balaban J connectivity index is 2.22. The van der Waals surface area contributed by atoms with E-state index in [1.807, 2.05) is 0 Å². The quantitative estimate of drug-likeness (QED) is 0.738. The number of nitrogens with zero attached hydrogens (tertiary/aromatic N) is 1. The number of hydrogen-bond donors (Lipinski definition) is 0. The highest BCUT2D eigenvalue weighted by atomic mass is 19.1. The fourth-order valence-corrected chi connectivity index (χ4v) is 1.56. The number of hydrogen-bond acceptors (Lipinski definition) is 2. The third-order valence-corrected chi connectivity index (χ3v) is 2.23. The van der Waals surface area contributed by atoms with Gasteiger partial charge in [-0.3, -0.25) is 0 Å². The molecule has 0 aliphatic heterocycles. The van der Waals surface area contributed by atoms with Crippen molar-refractivity contribution < 1.29 is 9.13 Å². The molecule has 0 spiro atoms. The third kappa shape index (κ3) is 5.12. The molecule has 0 radical (unpaired) electrons. The molecule has 0 amide bonds. The summed E-state index contributed by atoms with van der Waals surface area (Å²) in [6.45, 7) is 6.96. The molecule has 0 fully saturated rings. The normalized spacial score (nSPS) is 11.1. The van der Waals surface area contributed by atoms with E-state index >= 15 is 0 Å². The van der Waals surface area contributed by atoms with E-state index in [1.54, 1.807) is 12.1 Å². The molecule has 1 aromatic carbocycles. The van der Waals surface area contributed by atoms with Gasteiger partial charge in [0.2, 0.25) is 0 Å². The predicted molar refractivity (Wildman–Crippen MR) is 64.2 cm³/mol. The summed E-state index contributed by atoms with van der Waals surface area (Å²) in [7, 11) is 2.08. The molecule has 0 atom stereocenters. The zero-order valence-corrected chi connectivity index (χ0v) is 10.2. The first-order valence-electron chi connectivity index (χ1n) is 5.65. The molecular formula is C13H20FNO. The van der Waals surface area contributed by atoms with E-state index in [0.29, 0.717) is 12.5 Å². The summed E-state index contributed by atoms with van der Waals surface area (Å²) < 4.78 is 18.1. The largest absolute Gasteiger partial charge is 0.492 e. The lowest BCUT2D eigenvalue weighted by atomic mass is 10.2. The van der Waals surface area contributed by atoms with Gasteiger partial charge in [-0.15, -0.1) is 0 Å². The van der Waals surface area contributed by atoms with E-state index < -0.39 is 0 Å². The van der Waals surface area contributed by atoms with E-state index in [-0.39, 0.29) is 5.82 Å². The van der Waals surface area contributed by atoms with Crippen LogP contribution in [0.15, 0.2) is 24.3 Å². The van der Waals surface area contributed by atoms with E-state index in [0.717, 1.165) is 18.8 Å². The Labute approximate surface area is 97.0 Å². The highest BCUT2D eigenvalue weighted by Gasteiger charge is 2.01. The van der Waals surface area contributed by atoms with Crippen LogP contribution in [0.25, 0.3) is 0 Å². The van der Waals surface area contributed by atoms with Crippen LogP contribution in [0.5, 0.6) is 5.75 Å². The minimum Gasteiger partial charge on any atom is -0.492 e. The Morgan fingerprint density at radius 3 is 2.44 bits per heavy atom. The first-order valence-corrected chi connectivity index (χ1v) is 5.65. The average Bonchev–Trinajstić information content (AvgIpc) is 2.20. The van der Waals surface area contributed by atoms with Crippen molar-refractivity contribution >= 4 is 0 Å². The Kier molecular flexibility index (Phi) is 5.26. The van der Waals surface area contributed by atoms with Crippen LogP contribution >= 0.6 is 0 Å². The Bertz CT molecular complexity index is 297. The molecule has 3 heteroatoms. The lowest BCUT2D eigenvalue weighted by molar-refractivity contribution is 0.222. The summed E-state index contributed by atoms with van der Waals surface area (Å²) in [4.78, 5) is 2.23. The lowest BCUT2D eigenvalue weighted by Crippen LogP contribution is -2.27. The number of ether oxygens (including phenoxy) is 1. The van der Waals surface area contributed by atoms with Crippen molar-refractivity contribution in [3.05, 3.63) is 30.1 Å². The number of benzene rings is 1. The molecule has 0 saturated heterocycles. The average molecular weight is 225 g/mol. The summed E-state index contributed by atoms with van der Waals surface area (Å²) in [6, 6.07) is 6.12. The van der Waals surface area contributed by atoms with Crippen LogP contribution in [-0.2, 0) is 0 Å². The van der Waals surface area contributed by atoms with Crippen molar-refractivity contribution in [2.45, 2.75) is 13.8 Å². The van der Waals surface area contributed by atoms with Crippen molar-refractivity contribution in [1.29, 1.82) is 0 Å². The molecular weight excluding hydrogens is 205 g/mol. The van der Waals surface area contributed by atoms with Crippen LogP contribution in [0.2, 0.25) is 0 Å². The van der Waals surface area contributed by atoms with Crippen LogP contribution in [0.4, 0.5) is 4.39 Å². The van der Waals surface area contributed by atoms with Gasteiger partial charge in [-0.1, -0.05) is 13.8 Å². The van der Waals surface area contributed by atoms with Crippen LogP contribution in [0.3, 0.4) is 0 Å². The summed E-state index contributed by atoms with van der Waals surface area (Å²) in [5, 5.41) is 0. The van der Waals surface area contributed by atoms with Gasteiger partial charge in [0.1, 0.15) is 18.2 Å². The van der Waals surface area contributed by atoms with Crippen molar-refractivity contribution in [2.24, 2.45) is 5.92 Å². The zero-order chi connectivity index (χ0) is 12.0. The van der Waals surface area contributed by atoms with Crippen molar-refractivity contribution in [2.75, 3.05) is 26.7 Å². The van der Waals surface area contributed by atoms with E-state index in [9.17, 15) is 4.39 Å². The predicted octanol–water partition coefficient (Wildman–Crippen LogP) is 2.79. The molecule has 16 heavy (non-hydrogen) atoms. The van der Waals surface area contributed by atoms with E-state index in [4.69, 9.17) is 4.74 Å². The SMILES string of the molecule is CC(C)CN(C)CCOc1ccc(F)cc1. The van der Waals surface area contributed by atoms with Gasteiger partial charge in [-0.25, -0.2) is 4.39 Å². The van der Waals surface area contributed by atoms with Crippen LogP contribution in [0, 0.1) is 11.7 Å². The summed E-state index contributed by atoms with van der Waals surface area (Å²) in [5.74, 6) is 1.15. The van der Waals surface area contributed by atoms with E-state index in [2.05, 4.69) is 25.8 Å². The van der Waals surface area contributed by atoms with Crippen molar-refractivity contribution in [1.82, 2.24) is 4.90 Å². The lowest BCUT2D eigenvalue weighted by Gasteiger charge is -2.18. The number of likely N-dealkylation sites (N-methyl/N-ethyl adjacent to an activating group) is 1. The molecule has 0 aromatic heterocycles. The first-order chi connectivity index (χ1) is 7.58. The number of halogens is 1. The van der Waals surface area contributed by atoms with Crippen LogP contribution < -0.4 is 4.74 Å². The van der Waals surface area contributed by atoms with Gasteiger partial charge in [-0.05, 0) is 37.2 Å². The second kappa shape index (κ2) is 6.48. The van der Waals surface area contributed by atoms with Gasteiger partial charge in [-0.2, -0.15) is 0 Å². The van der Waals surface area contributed by atoms with Crippen LogP contribution in [-0.4, -0.2) is 31.6 Å². The standard InChI is InChI=1S/C13H20FNO/c1-11(2)10-15(3)8-9-16-13-6-4-12(14)5-7-13/h4-7,11H,8-10H2,1-3H3. The van der Waals surface area contributed by atoms with Gasteiger partial charge >= 0.3 is 0 Å².